The normalized spacial score (nSPS) is 14.3. The molecule has 1 aromatic rings. The van der Waals surface area contributed by atoms with Crippen molar-refractivity contribution < 1.29 is 53.7 Å². The zero-order chi connectivity index (χ0) is 16.1. The summed E-state index contributed by atoms with van der Waals surface area (Å²) in [5, 5.41) is 11.8. The van der Waals surface area contributed by atoms with Gasteiger partial charge in [0.15, 0.2) is 0 Å². The Bertz CT molecular complexity index is 597. The molecule has 0 atom stereocenters. The first-order chi connectivity index (χ1) is 10.6. The van der Waals surface area contributed by atoms with E-state index in [9.17, 15) is 14.7 Å². The molecule has 1 amide bonds. The fraction of sp³-hybridized carbons (Fsp3) is 0.375. The van der Waals surface area contributed by atoms with Crippen molar-refractivity contribution in [2.45, 2.75) is 19.9 Å². The van der Waals surface area contributed by atoms with Crippen LogP contribution in [-0.2, 0) is 20.9 Å². The van der Waals surface area contributed by atoms with Crippen molar-refractivity contribution in [3.63, 3.8) is 0 Å². The Kier molecular flexibility index (Phi) is 7.61. The van der Waals surface area contributed by atoms with E-state index < -0.39 is 17.6 Å². The Labute approximate surface area is 157 Å². The Balaban J connectivity index is 0.00000264. The minimum absolute atomic E-state index is 0. The van der Waals surface area contributed by atoms with Gasteiger partial charge in [-0.05, 0) is 31.0 Å². The average molecular weight is 327 g/mol. The van der Waals surface area contributed by atoms with Gasteiger partial charge in [-0.15, -0.1) is 5.76 Å². The van der Waals surface area contributed by atoms with Crippen LogP contribution in [0.1, 0.15) is 18.9 Å². The van der Waals surface area contributed by atoms with E-state index in [-0.39, 0.29) is 48.2 Å². The van der Waals surface area contributed by atoms with E-state index in [2.05, 4.69) is 0 Å². The van der Waals surface area contributed by atoms with Gasteiger partial charge in [0.05, 0.1) is 13.7 Å². The standard InChI is InChI=1S/C16H19NO5.Na/c1-3-22-16(20)14-13(18)8-9-17(15(14)19)10-11-4-6-12(21-2)7-5-11;/h4-7,18H,3,8-10H2,1-2H3;/q;+1/p-1. The Hall–Kier alpha value is -1.50. The van der Waals surface area contributed by atoms with E-state index in [1.807, 2.05) is 12.1 Å². The van der Waals surface area contributed by atoms with Crippen LogP contribution in [0.2, 0.25) is 0 Å². The zero-order valence-corrected chi connectivity index (χ0v) is 15.6. The van der Waals surface area contributed by atoms with Crippen LogP contribution in [0.15, 0.2) is 35.6 Å². The molecule has 6 nitrogen and oxygen atoms in total. The van der Waals surface area contributed by atoms with E-state index in [4.69, 9.17) is 9.47 Å². The van der Waals surface area contributed by atoms with Gasteiger partial charge in [0.1, 0.15) is 11.3 Å². The number of methoxy groups -OCH3 is 1. The number of rotatable bonds is 5. The van der Waals surface area contributed by atoms with E-state index in [1.54, 1.807) is 26.2 Å². The van der Waals surface area contributed by atoms with Gasteiger partial charge in [0.25, 0.3) is 5.91 Å². The van der Waals surface area contributed by atoms with Crippen molar-refractivity contribution in [3.05, 3.63) is 41.2 Å². The van der Waals surface area contributed by atoms with Crippen LogP contribution in [0.5, 0.6) is 5.75 Å². The van der Waals surface area contributed by atoms with Crippen LogP contribution < -0.4 is 39.4 Å². The Morgan fingerprint density at radius 2 is 1.96 bits per heavy atom. The second-order valence-electron chi connectivity index (χ2n) is 4.84. The monoisotopic (exact) mass is 327 g/mol. The minimum atomic E-state index is -0.836. The first kappa shape index (κ1) is 19.5. The number of esters is 1. The second-order valence-corrected chi connectivity index (χ2v) is 4.84. The fourth-order valence-electron chi connectivity index (χ4n) is 2.25. The van der Waals surface area contributed by atoms with Crippen LogP contribution in [0.4, 0.5) is 0 Å². The summed E-state index contributed by atoms with van der Waals surface area (Å²) in [7, 11) is 1.58. The van der Waals surface area contributed by atoms with Crippen molar-refractivity contribution in [2.75, 3.05) is 20.3 Å². The molecule has 0 unspecified atom stereocenters. The number of carbonyl (C=O) groups is 2. The molecule has 0 fully saturated rings. The van der Waals surface area contributed by atoms with Crippen LogP contribution in [0.3, 0.4) is 0 Å². The smallest absolute Gasteiger partial charge is 0.875 e. The van der Waals surface area contributed by atoms with E-state index in [0.29, 0.717) is 13.1 Å². The van der Waals surface area contributed by atoms with Crippen molar-refractivity contribution in [2.24, 2.45) is 0 Å². The predicted octanol–water partition coefficient (Wildman–Crippen LogP) is -2.39. The summed E-state index contributed by atoms with van der Waals surface area (Å²) < 4.78 is 9.87. The molecule has 7 heteroatoms. The molecule has 0 aliphatic carbocycles. The molecule has 1 aliphatic heterocycles. The van der Waals surface area contributed by atoms with Gasteiger partial charge in [0, 0.05) is 13.1 Å². The van der Waals surface area contributed by atoms with E-state index in [0.717, 1.165) is 11.3 Å². The third-order valence-electron chi connectivity index (χ3n) is 3.40. The van der Waals surface area contributed by atoms with E-state index >= 15 is 0 Å². The van der Waals surface area contributed by atoms with Crippen molar-refractivity contribution in [1.82, 2.24) is 4.90 Å². The average Bonchev–Trinajstić information content (AvgIpc) is 2.51. The Morgan fingerprint density at radius 1 is 1.30 bits per heavy atom. The molecule has 23 heavy (non-hydrogen) atoms. The van der Waals surface area contributed by atoms with Crippen molar-refractivity contribution >= 4 is 11.9 Å². The molecule has 0 radical (unpaired) electrons. The molecule has 0 bridgehead atoms. The van der Waals surface area contributed by atoms with Crippen LogP contribution in [0.25, 0.3) is 0 Å². The van der Waals surface area contributed by atoms with Gasteiger partial charge in [-0.3, -0.25) is 4.79 Å². The number of nitrogens with zero attached hydrogens (tertiary/aromatic N) is 1. The molecule has 0 saturated carbocycles. The quantitative estimate of drug-likeness (QED) is 0.343. The van der Waals surface area contributed by atoms with Crippen molar-refractivity contribution in [3.8, 4) is 5.75 Å². The summed E-state index contributed by atoms with van der Waals surface area (Å²) in [5.41, 5.74) is 0.522. The van der Waals surface area contributed by atoms with Crippen LogP contribution in [-0.4, -0.2) is 37.0 Å². The molecule has 2 rings (SSSR count). The van der Waals surface area contributed by atoms with Gasteiger partial charge in [-0.2, -0.15) is 0 Å². The number of ether oxygens (including phenoxy) is 2. The molecule has 0 N–H and O–H groups in total. The van der Waals surface area contributed by atoms with Crippen molar-refractivity contribution in [1.29, 1.82) is 0 Å². The number of amides is 1. The summed E-state index contributed by atoms with van der Waals surface area (Å²) in [5.74, 6) is -1.13. The van der Waals surface area contributed by atoms with Gasteiger partial charge < -0.3 is 19.5 Å². The number of carbonyl (C=O) groups excluding carboxylic acids is 2. The number of benzene rings is 1. The third-order valence-corrected chi connectivity index (χ3v) is 3.40. The summed E-state index contributed by atoms with van der Waals surface area (Å²) >= 11 is 0. The van der Waals surface area contributed by atoms with Gasteiger partial charge >= 0.3 is 35.5 Å². The zero-order valence-electron chi connectivity index (χ0n) is 13.6. The molecular formula is C16H18NNaO5. The second kappa shape index (κ2) is 8.96. The molecule has 0 spiro atoms. The minimum Gasteiger partial charge on any atom is -0.875 e. The molecule has 118 valence electrons. The van der Waals surface area contributed by atoms with E-state index in [1.165, 1.54) is 4.90 Å². The summed E-state index contributed by atoms with van der Waals surface area (Å²) in [6, 6.07) is 7.27. The number of hydrogen-bond donors (Lipinski definition) is 0. The Morgan fingerprint density at radius 3 is 2.52 bits per heavy atom. The molecule has 0 saturated heterocycles. The first-order valence-corrected chi connectivity index (χ1v) is 7.06. The number of hydrogen-bond acceptors (Lipinski definition) is 5. The van der Waals surface area contributed by atoms with Crippen LogP contribution in [0, 0.1) is 0 Å². The van der Waals surface area contributed by atoms with Crippen LogP contribution >= 0.6 is 0 Å². The maximum Gasteiger partial charge on any atom is 1.00 e. The topological polar surface area (TPSA) is 78.9 Å². The molecule has 1 aromatic carbocycles. The molecule has 0 aromatic heterocycles. The largest absolute Gasteiger partial charge is 1.00 e. The fourth-order valence-corrected chi connectivity index (χ4v) is 2.25. The summed E-state index contributed by atoms with van der Waals surface area (Å²) in [6.07, 6.45) is 0.135. The molecule has 1 aliphatic rings. The molecule has 1 heterocycles. The SMILES string of the molecule is CCOC(=O)C1=C([O-])CCN(Cc2ccc(OC)cc2)C1=O.[Na+]. The van der Waals surface area contributed by atoms with Gasteiger partial charge in [0.2, 0.25) is 0 Å². The van der Waals surface area contributed by atoms with Gasteiger partial charge in [-0.25, -0.2) is 4.79 Å². The van der Waals surface area contributed by atoms with Gasteiger partial charge in [-0.1, -0.05) is 12.1 Å². The third kappa shape index (κ3) is 4.73. The maximum absolute atomic E-state index is 12.3. The molecular weight excluding hydrogens is 309 g/mol. The first-order valence-electron chi connectivity index (χ1n) is 7.06. The predicted molar refractivity (Wildman–Crippen MR) is 76.7 cm³/mol. The maximum atomic E-state index is 12.3. The summed E-state index contributed by atoms with van der Waals surface area (Å²) in [4.78, 5) is 25.6. The summed E-state index contributed by atoms with van der Waals surface area (Å²) in [6.45, 7) is 2.39.